The normalized spacial score (nSPS) is 9.62. The number of nitrogens with zero attached hydrogens (tertiary/aromatic N) is 1. The van der Waals surface area contributed by atoms with Crippen LogP contribution in [0.1, 0.15) is 6.92 Å². The van der Waals surface area contributed by atoms with Crippen LogP contribution in [0, 0.1) is 9.97 Å². The maximum absolute atomic E-state index is 3.83. The molecule has 0 amide bonds. The molecule has 0 aromatic rings. The van der Waals surface area contributed by atoms with Crippen LogP contribution in [0.4, 0.5) is 0 Å². The van der Waals surface area contributed by atoms with E-state index in [-0.39, 0.29) is 0 Å². The van der Waals surface area contributed by atoms with Crippen LogP contribution in [0.5, 0.6) is 0 Å². The van der Waals surface area contributed by atoms with E-state index in [4.69, 9.17) is 0 Å². The maximum atomic E-state index is 3.83. The fraction of sp³-hybridized carbons (Fsp3) is 0.400. The van der Waals surface area contributed by atoms with Gasteiger partial charge in [0.2, 0.25) is 0 Å². The number of hydrogen-bond acceptors (Lipinski definition) is 1. The highest BCUT2D eigenvalue weighted by atomic mass is 127. The van der Waals surface area contributed by atoms with E-state index < -0.39 is 0 Å². The van der Waals surface area contributed by atoms with Crippen LogP contribution in [0.2, 0.25) is 0 Å². The number of halogens is 1. The summed E-state index contributed by atoms with van der Waals surface area (Å²) in [6.07, 6.45) is 0. The minimum atomic E-state index is 0.842. The van der Waals surface area contributed by atoms with Gasteiger partial charge in [-0.15, -0.1) is 0 Å². The van der Waals surface area contributed by atoms with Crippen molar-refractivity contribution in [2.24, 2.45) is 4.99 Å². The van der Waals surface area contributed by atoms with E-state index in [1.807, 2.05) is 29.5 Å². The highest BCUT2D eigenvalue weighted by molar-refractivity contribution is 14.1. The first-order chi connectivity index (χ1) is 3.81. The standard InChI is InChI=1S/C5H7IN2/c1-5(7-2)8-4-3-6/h1-2H3,(H,7,8). The van der Waals surface area contributed by atoms with Crippen LogP contribution in [-0.4, -0.2) is 12.9 Å². The average Bonchev–Trinajstić information content (AvgIpc) is 1.83. The Morgan fingerprint density at radius 3 is 2.75 bits per heavy atom. The Labute approximate surface area is 62.9 Å². The second-order valence-corrected chi connectivity index (χ2v) is 1.69. The first kappa shape index (κ1) is 7.76. The lowest BCUT2D eigenvalue weighted by atomic mass is 10.7. The summed E-state index contributed by atoms with van der Waals surface area (Å²) in [5, 5.41) is 2.76. The molecule has 0 spiro atoms. The molecule has 0 radical (unpaired) electrons. The van der Waals surface area contributed by atoms with Crippen LogP contribution in [0.3, 0.4) is 0 Å². The lowest BCUT2D eigenvalue weighted by Gasteiger charge is -1.89. The van der Waals surface area contributed by atoms with E-state index in [0.717, 1.165) is 5.84 Å². The van der Waals surface area contributed by atoms with Gasteiger partial charge in [0.15, 0.2) is 0 Å². The Bertz CT molecular complexity index is 140. The molecule has 0 fully saturated rings. The summed E-state index contributed by atoms with van der Waals surface area (Å²) in [5.74, 6) is 0.842. The zero-order valence-corrected chi connectivity index (χ0v) is 6.98. The van der Waals surface area contributed by atoms with Crippen LogP contribution in [0.25, 0.3) is 0 Å². The molecule has 0 aromatic carbocycles. The first-order valence-electron chi connectivity index (χ1n) is 2.11. The second kappa shape index (κ2) is 4.91. The molecule has 0 bridgehead atoms. The summed E-state index contributed by atoms with van der Waals surface area (Å²) < 4.78 is 2.66. The molecule has 3 heteroatoms. The summed E-state index contributed by atoms with van der Waals surface area (Å²) in [5.41, 5.74) is 0. The summed E-state index contributed by atoms with van der Waals surface area (Å²) in [6, 6.07) is 2.65. The van der Waals surface area contributed by atoms with Crippen molar-refractivity contribution in [2.45, 2.75) is 6.92 Å². The molecule has 0 saturated carbocycles. The van der Waals surface area contributed by atoms with Gasteiger partial charge in [-0.2, -0.15) is 0 Å². The zero-order valence-electron chi connectivity index (χ0n) is 4.83. The van der Waals surface area contributed by atoms with Crippen molar-refractivity contribution in [1.29, 1.82) is 0 Å². The Balaban J connectivity index is 3.51. The second-order valence-electron chi connectivity index (χ2n) is 1.15. The predicted molar refractivity (Wildman–Crippen MR) is 44.0 cm³/mol. The van der Waals surface area contributed by atoms with Gasteiger partial charge in [0.1, 0.15) is 5.84 Å². The Hall–Kier alpha value is -0.240. The minimum absolute atomic E-state index is 0.842. The average molecular weight is 222 g/mol. The highest BCUT2D eigenvalue weighted by Crippen LogP contribution is 1.69. The molecule has 0 unspecified atom stereocenters. The van der Waals surface area contributed by atoms with Gasteiger partial charge < -0.3 is 5.32 Å². The molecular formula is C5H7IN2. The van der Waals surface area contributed by atoms with E-state index in [0.29, 0.717) is 0 Å². The Morgan fingerprint density at radius 1 is 1.75 bits per heavy atom. The molecule has 0 aliphatic rings. The number of rotatable bonds is 0. The topological polar surface area (TPSA) is 24.4 Å². The minimum Gasteiger partial charge on any atom is -0.303 e. The van der Waals surface area contributed by atoms with Gasteiger partial charge in [-0.05, 0) is 10.9 Å². The number of amidine groups is 1. The summed E-state index contributed by atoms with van der Waals surface area (Å²) in [6.45, 7) is 1.86. The van der Waals surface area contributed by atoms with Crippen molar-refractivity contribution in [3.8, 4) is 9.97 Å². The third-order valence-corrected chi connectivity index (χ3v) is 0.896. The van der Waals surface area contributed by atoms with Crippen molar-refractivity contribution in [3.05, 3.63) is 0 Å². The van der Waals surface area contributed by atoms with Gasteiger partial charge in [0, 0.05) is 35.7 Å². The Morgan fingerprint density at radius 2 is 2.38 bits per heavy atom. The highest BCUT2D eigenvalue weighted by Gasteiger charge is 1.76. The molecule has 8 heavy (non-hydrogen) atoms. The van der Waals surface area contributed by atoms with E-state index in [9.17, 15) is 0 Å². The fourth-order valence-corrected chi connectivity index (χ4v) is 0.305. The zero-order chi connectivity index (χ0) is 6.41. The van der Waals surface area contributed by atoms with Crippen molar-refractivity contribution in [3.63, 3.8) is 0 Å². The lowest BCUT2D eigenvalue weighted by Crippen LogP contribution is -2.12. The van der Waals surface area contributed by atoms with Gasteiger partial charge in [0.25, 0.3) is 0 Å². The van der Waals surface area contributed by atoms with E-state index >= 15 is 0 Å². The molecule has 0 heterocycles. The van der Waals surface area contributed by atoms with Gasteiger partial charge in [-0.1, -0.05) is 0 Å². The van der Waals surface area contributed by atoms with Crippen LogP contribution in [-0.2, 0) is 0 Å². The number of aliphatic imine (C=N–C) groups is 1. The summed E-state index contributed by atoms with van der Waals surface area (Å²) >= 11 is 1.96. The Kier molecular flexibility index (Phi) is 4.76. The molecule has 0 rings (SSSR count). The largest absolute Gasteiger partial charge is 0.303 e. The van der Waals surface area contributed by atoms with Gasteiger partial charge in [-0.25, -0.2) is 0 Å². The van der Waals surface area contributed by atoms with Crippen LogP contribution in [0.15, 0.2) is 4.99 Å². The lowest BCUT2D eigenvalue weighted by molar-refractivity contribution is 1.26. The van der Waals surface area contributed by atoms with Crippen LogP contribution < -0.4 is 5.32 Å². The monoisotopic (exact) mass is 222 g/mol. The third kappa shape index (κ3) is 3.93. The summed E-state index contributed by atoms with van der Waals surface area (Å²) in [4.78, 5) is 3.83. The number of hydrogen-bond donors (Lipinski definition) is 1. The van der Waals surface area contributed by atoms with Crippen molar-refractivity contribution < 1.29 is 0 Å². The molecule has 44 valence electrons. The predicted octanol–water partition coefficient (Wildman–Crippen LogP) is 0.978. The fourth-order valence-electron chi connectivity index (χ4n) is 0.170. The van der Waals surface area contributed by atoms with Gasteiger partial charge in [-0.3, -0.25) is 4.99 Å². The third-order valence-electron chi connectivity index (χ3n) is 0.626. The molecular weight excluding hydrogens is 215 g/mol. The smallest absolute Gasteiger partial charge is 0.104 e. The molecule has 0 aromatic heterocycles. The first-order valence-corrected chi connectivity index (χ1v) is 3.19. The van der Waals surface area contributed by atoms with Crippen LogP contribution >= 0.6 is 22.6 Å². The summed E-state index contributed by atoms with van der Waals surface area (Å²) in [7, 11) is 1.72. The number of nitrogens with one attached hydrogen (secondary N) is 1. The van der Waals surface area contributed by atoms with Gasteiger partial charge in [0.05, 0.1) is 0 Å². The molecule has 1 N–H and O–H groups in total. The van der Waals surface area contributed by atoms with Crippen molar-refractivity contribution >= 4 is 28.4 Å². The maximum Gasteiger partial charge on any atom is 0.104 e. The molecule has 0 atom stereocenters. The van der Waals surface area contributed by atoms with E-state index in [1.54, 1.807) is 7.05 Å². The molecule has 2 nitrogen and oxygen atoms in total. The van der Waals surface area contributed by atoms with Crippen molar-refractivity contribution in [2.75, 3.05) is 7.05 Å². The van der Waals surface area contributed by atoms with E-state index in [1.165, 1.54) is 0 Å². The van der Waals surface area contributed by atoms with Gasteiger partial charge >= 0.3 is 0 Å². The molecule has 0 aliphatic carbocycles. The van der Waals surface area contributed by atoms with E-state index in [2.05, 4.69) is 20.3 Å². The SMILES string of the molecule is CN=C(C)NC#CI. The quantitative estimate of drug-likeness (QED) is 0.213. The molecule has 0 saturated heterocycles. The molecule has 0 aliphatic heterocycles. The van der Waals surface area contributed by atoms with Crippen molar-refractivity contribution in [1.82, 2.24) is 5.32 Å².